The third-order valence-corrected chi connectivity index (χ3v) is 8.42. The molecule has 1 atom stereocenters. The number of fused-ring (bicyclic) bond motifs is 1. The summed E-state index contributed by atoms with van der Waals surface area (Å²) in [4.78, 5) is 17.5. The van der Waals surface area contributed by atoms with Crippen molar-refractivity contribution >= 4 is 38.0 Å². The van der Waals surface area contributed by atoms with Crippen LogP contribution in [0.3, 0.4) is 0 Å². The Morgan fingerprint density at radius 1 is 1.34 bits per heavy atom. The van der Waals surface area contributed by atoms with E-state index in [4.69, 9.17) is 9.47 Å². The summed E-state index contributed by atoms with van der Waals surface area (Å²) >= 11 is 1.12. The zero-order valence-corrected chi connectivity index (χ0v) is 20.4. The number of aromatic nitrogens is 2. The summed E-state index contributed by atoms with van der Waals surface area (Å²) in [7, 11) is -3.37. The number of ether oxygens (including phenoxy) is 2. The van der Waals surface area contributed by atoms with Crippen LogP contribution in [0.25, 0.3) is 10.9 Å². The Morgan fingerprint density at radius 2 is 2.12 bits per heavy atom. The van der Waals surface area contributed by atoms with Crippen molar-refractivity contribution in [2.24, 2.45) is 0 Å². The highest BCUT2D eigenvalue weighted by Crippen LogP contribution is 2.37. The van der Waals surface area contributed by atoms with Crippen LogP contribution >= 0.6 is 11.3 Å². The topological polar surface area (TPSA) is 87.5 Å². The van der Waals surface area contributed by atoms with Crippen molar-refractivity contribution in [2.75, 3.05) is 19.5 Å². The minimum atomic E-state index is -3.37. The average molecular weight is 477 g/mol. The maximum atomic E-state index is 12.7. The molecule has 2 aromatic heterocycles. The van der Waals surface area contributed by atoms with Gasteiger partial charge in [0, 0.05) is 34.8 Å². The van der Waals surface area contributed by atoms with Gasteiger partial charge in [0.1, 0.15) is 5.69 Å². The van der Waals surface area contributed by atoms with Gasteiger partial charge in [-0.15, -0.1) is 11.3 Å². The molecule has 0 saturated carbocycles. The zero-order chi connectivity index (χ0) is 23.1. The van der Waals surface area contributed by atoms with Crippen molar-refractivity contribution in [2.45, 2.75) is 56.0 Å². The van der Waals surface area contributed by atoms with Gasteiger partial charge < -0.3 is 14.0 Å². The van der Waals surface area contributed by atoms with E-state index in [1.54, 1.807) is 13.1 Å². The van der Waals surface area contributed by atoms with Crippen molar-refractivity contribution < 1.29 is 22.7 Å². The van der Waals surface area contributed by atoms with Crippen LogP contribution in [0, 0.1) is 0 Å². The van der Waals surface area contributed by atoms with Crippen molar-refractivity contribution in [1.29, 1.82) is 0 Å². The molecule has 1 saturated heterocycles. The first kappa shape index (κ1) is 22.9. The minimum absolute atomic E-state index is 0.0751. The van der Waals surface area contributed by atoms with Gasteiger partial charge in [-0.2, -0.15) is 0 Å². The number of carbonyl (C=O) groups is 1. The summed E-state index contributed by atoms with van der Waals surface area (Å²) in [5.41, 5.74) is 2.43. The maximum Gasteiger partial charge on any atom is 0.354 e. The van der Waals surface area contributed by atoms with Crippen LogP contribution < -0.4 is 0 Å². The van der Waals surface area contributed by atoms with Crippen LogP contribution in [0.1, 0.15) is 60.5 Å². The Kier molecular flexibility index (Phi) is 6.17. The van der Waals surface area contributed by atoms with Gasteiger partial charge in [-0.3, -0.25) is 0 Å². The molecule has 0 aliphatic carbocycles. The van der Waals surface area contributed by atoms with Crippen molar-refractivity contribution in [3.05, 3.63) is 46.6 Å². The highest BCUT2D eigenvalue weighted by atomic mass is 32.2. The fourth-order valence-corrected chi connectivity index (χ4v) is 6.09. The zero-order valence-electron chi connectivity index (χ0n) is 18.8. The van der Waals surface area contributed by atoms with E-state index in [9.17, 15) is 13.2 Å². The van der Waals surface area contributed by atoms with Crippen LogP contribution in [-0.4, -0.2) is 49.0 Å². The smallest absolute Gasteiger partial charge is 0.354 e. The maximum absolute atomic E-state index is 12.7. The molecule has 0 amide bonds. The van der Waals surface area contributed by atoms with E-state index in [1.807, 2.05) is 16.7 Å². The first-order valence-corrected chi connectivity index (χ1v) is 13.4. The quantitative estimate of drug-likeness (QED) is 0.490. The third-order valence-electron chi connectivity index (χ3n) is 5.74. The molecule has 32 heavy (non-hydrogen) atoms. The Hall–Kier alpha value is -2.23. The summed E-state index contributed by atoms with van der Waals surface area (Å²) in [5, 5.41) is 0.961. The van der Waals surface area contributed by atoms with Crippen molar-refractivity contribution in [3.8, 4) is 0 Å². The van der Waals surface area contributed by atoms with E-state index >= 15 is 0 Å². The largest absolute Gasteiger partial charge is 0.461 e. The second kappa shape index (κ2) is 8.61. The highest BCUT2D eigenvalue weighted by Gasteiger charge is 2.30. The predicted octanol–water partition coefficient (Wildman–Crippen LogP) is 4.40. The molecule has 0 radical (unpaired) electrons. The number of sulfone groups is 1. The van der Waals surface area contributed by atoms with Crippen LogP contribution in [0.2, 0.25) is 0 Å². The van der Waals surface area contributed by atoms with E-state index in [0.29, 0.717) is 18.2 Å². The molecule has 9 heteroatoms. The number of hydrogen-bond acceptors (Lipinski definition) is 7. The fraction of sp³-hybridized carbons (Fsp3) is 0.478. The van der Waals surface area contributed by atoms with Gasteiger partial charge in [0.25, 0.3) is 0 Å². The molecule has 3 heterocycles. The fourth-order valence-electron chi connectivity index (χ4n) is 4.29. The van der Waals surface area contributed by atoms with Gasteiger partial charge in [-0.05, 0) is 63.3 Å². The standard InChI is InChI=1S/C23H28N2O5S2/c1-5-29-21(26)20-11-17-10-15(16-8-9-30-23(2,3)12-16)6-7-19(17)25(20)14-18-13-24-22(31-18)32(4,27)28/h6-7,10-11,13,16H,5,8-9,12,14H2,1-4H3/t16-/m0/s1. The Morgan fingerprint density at radius 3 is 2.78 bits per heavy atom. The molecule has 1 aliphatic rings. The molecule has 4 rings (SSSR count). The number of esters is 1. The van der Waals surface area contributed by atoms with Gasteiger partial charge in [0.2, 0.25) is 14.2 Å². The first-order chi connectivity index (χ1) is 15.1. The van der Waals surface area contributed by atoms with Gasteiger partial charge in [-0.1, -0.05) is 6.07 Å². The third kappa shape index (κ3) is 4.74. The minimum Gasteiger partial charge on any atom is -0.461 e. The molecule has 7 nitrogen and oxygen atoms in total. The molecule has 172 valence electrons. The van der Waals surface area contributed by atoms with E-state index < -0.39 is 15.8 Å². The molecule has 0 bridgehead atoms. The SMILES string of the molecule is CCOC(=O)c1cc2cc([C@H]3CCOC(C)(C)C3)ccc2n1Cc1cnc(S(C)(=O)=O)s1. The molecular formula is C23H28N2O5S2. The molecule has 3 aromatic rings. The number of hydrogen-bond donors (Lipinski definition) is 0. The molecule has 0 N–H and O–H groups in total. The van der Waals surface area contributed by atoms with Gasteiger partial charge in [0.15, 0.2) is 0 Å². The second-order valence-electron chi connectivity index (χ2n) is 8.82. The van der Waals surface area contributed by atoms with Crippen molar-refractivity contribution in [3.63, 3.8) is 0 Å². The van der Waals surface area contributed by atoms with Crippen molar-refractivity contribution in [1.82, 2.24) is 9.55 Å². The molecule has 0 spiro atoms. The van der Waals surface area contributed by atoms with E-state index in [-0.39, 0.29) is 16.5 Å². The van der Waals surface area contributed by atoms with E-state index in [2.05, 4.69) is 31.0 Å². The lowest BCUT2D eigenvalue weighted by atomic mass is 9.83. The molecule has 1 aliphatic heterocycles. The average Bonchev–Trinajstić information content (AvgIpc) is 3.32. The lowest BCUT2D eigenvalue weighted by Gasteiger charge is -2.35. The summed E-state index contributed by atoms with van der Waals surface area (Å²) in [6, 6.07) is 8.16. The summed E-state index contributed by atoms with van der Waals surface area (Å²) in [5.74, 6) is 0.00154. The Bertz CT molecular complexity index is 1260. The normalized spacial score (nSPS) is 18.7. The number of benzene rings is 1. The number of thiazole rings is 1. The van der Waals surface area contributed by atoms with Gasteiger partial charge >= 0.3 is 5.97 Å². The number of carbonyl (C=O) groups excluding carboxylic acids is 1. The predicted molar refractivity (Wildman–Crippen MR) is 124 cm³/mol. The molecule has 0 unspecified atom stereocenters. The lowest BCUT2D eigenvalue weighted by Crippen LogP contribution is -2.32. The second-order valence-corrected chi connectivity index (χ2v) is 12.1. The van der Waals surface area contributed by atoms with Crippen LogP contribution in [0.4, 0.5) is 0 Å². The van der Waals surface area contributed by atoms with Gasteiger partial charge in [-0.25, -0.2) is 18.2 Å². The highest BCUT2D eigenvalue weighted by molar-refractivity contribution is 7.92. The van der Waals surface area contributed by atoms with E-state index in [1.165, 1.54) is 5.56 Å². The lowest BCUT2D eigenvalue weighted by molar-refractivity contribution is -0.0592. The number of nitrogens with zero attached hydrogens (tertiary/aromatic N) is 2. The Labute approximate surface area is 192 Å². The summed E-state index contributed by atoms with van der Waals surface area (Å²) < 4.78 is 36.7. The molecule has 1 fully saturated rings. The van der Waals surface area contributed by atoms with Crippen LogP contribution in [-0.2, 0) is 25.9 Å². The van der Waals surface area contributed by atoms with E-state index in [0.717, 1.165) is 52.8 Å². The summed E-state index contributed by atoms with van der Waals surface area (Å²) in [6.07, 6.45) is 4.61. The first-order valence-electron chi connectivity index (χ1n) is 10.7. The molecule has 1 aromatic carbocycles. The number of rotatable bonds is 6. The van der Waals surface area contributed by atoms with Crippen LogP contribution in [0.5, 0.6) is 0 Å². The van der Waals surface area contributed by atoms with Gasteiger partial charge in [0.05, 0.1) is 18.8 Å². The monoisotopic (exact) mass is 476 g/mol. The molecular weight excluding hydrogens is 448 g/mol. The Balaban J connectivity index is 1.73. The summed E-state index contributed by atoms with van der Waals surface area (Å²) in [6.45, 7) is 7.37. The van der Waals surface area contributed by atoms with Crippen LogP contribution in [0.15, 0.2) is 34.8 Å².